The lowest BCUT2D eigenvalue weighted by Crippen LogP contribution is -2.34. The molecule has 0 radical (unpaired) electrons. The van der Waals surface area contributed by atoms with Gasteiger partial charge in [-0.25, -0.2) is 0 Å². The van der Waals surface area contributed by atoms with Gasteiger partial charge in [-0.2, -0.15) is 5.26 Å². The lowest BCUT2D eigenvalue weighted by Gasteiger charge is -2.28. The van der Waals surface area contributed by atoms with Crippen molar-refractivity contribution in [1.82, 2.24) is 5.32 Å². The van der Waals surface area contributed by atoms with Gasteiger partial charge in [0.25, 0.3) is 0 Å². The van der Waals surface area contributed by atoms with Crippen LogP contribution in [0.3, 0.4) is 0 Å². The summed E-state index contributed by atoms with van der Waals surface area (Å²) in [7, 11) is 0. The van der Waals surface area contributed by atoms with Crippen molar-refractivity contribution in [1.29, 1.82) is 5.26 Å². The molecule has 0 heterocycles. The summed E-state index contributed by atoms with van der Waals surface area (Å²) < 4.78 is 0. The maximum absolute atomic E-state index is 13.1. The van der Waals surface area contributed by atoms with Crippen LogP contribution in [-0.2, 0) is 10.2 Å². The van der Waals surface area contributed by atoms with Crippen LogP contribution in [0.25, 0.3) is 0 Å². The predicted molar refractivity (Wildman–Crippen MR) is 126 cm³/mol. The molecule has 1 unspecified atom stereocenters. The number of phenols is 1. The summed E-state index contributed by atoms with van der Waals surface area (Å²) in [5.41, 5.74) is 3.06. The van der Waals surface area contributed by atoms with Crippen LogP contribution in [0.2, 0.25) is 0 Å². The van der Waals surface area contributed by atoms with Crippen LogP contribution >= 0.6 is 0 Å². The molecule has 0 bridgehead atoms. The fraction of sp³-hybridized carbons (Fsp3) is 0.462. The zero-order valence-corrected chi connectivity index (χ0v) is 19.5. The number of amides is 1. The third-order valence-electron chi connectivity index (χ3n) is 5.13. The molecule has 2 rings (SSSR count). The van der Waals surface area contributed by atoms with E-state index in [-0.39, 0.29) is 28.4 Å². The number of phenolic OH excluding ortho intramolecular Hbond substituents is 1. The fourth-order valence-corrected chi connectivity index (χ4v) is 3.52. The number of carbonyl (C=O) groups excluding carboxylic acids is 1. The molecule has 0 aliphatic carbocycles. The maximum Gasteiger partial charge on any atom is 0.227 e. The number of nitriles is 1. The Bertz CT molecular complexity index is 929. The van der Waals surface area contributed by atoms with E-state index in [1.807, 2.05) is 24.3 Å². The summed E-state index contributed by atoms with van der Waals surface area (Å²) in [6.07, 6.45) is 0.705. The summed E-state index contributed by atoms with van der Waals surface area (Å²) in [5.74, 6) is -0.0449. The highest BCUT2D eigenvalue weighted by atomic mass is 16.3. The van der Waals surface area contributed by atoms with E-state index in [2.05, 4.69) is 58.2 Å². The van der Waals surface area contributed by atoms with Gasteiger partial charge in [-0.3, -0.25) is 4.79 Å². The second-order valence-electron chi connectivity index (χ2n) is 10.3. The molecule has 31 heavy (non-hydrogen) atoms. The van der Waals surface area contributed by atoms with E-state index in [0.29, 0.717) is 25.1 Å². The Balaban J connectivity index is 2.09. The lowest BCUT2D eigenvalue weighted by molar-refractivity contribution is -0.123. The van der Waals surface area contributed by atoms with Crippen molar-refractivity contribution >= 4 is 11.6 Å². The smallest absolute Gasteiger partial charge is 0.227 e. The summed E-state index contributed by atoms with van der Waals surface area (Å²) >= 11 is 0. The van der Waals surface area contributed by atoms with Gasteiger partial charge in [0, 0.05) is 18.8 Å². The second-order valence-corrected chi connectivity index (χ2v) is 10.3. The average molecular weight is 422 g/mol. The Hall–Kier alpha value is -3.00. The molecular formula is C26H35N3O2. The first-order chi connectivity index (χ1) is 14.4. The van der Waals surface area contributed by atoms with E-state index in [9.17, 15) is 9.90 Å². The van der Waals surface area contributed by atoms with Crippen LogP contribution in [0.15, 0.2) is 42.5 Å². The van der Waals surface area contributed by atoms with Crippen molar-refractivity contribution in [2.75, 3.05) is 18.4 Å². The van der Waals surface area contributed by atoms with Crippen LogP contribution in [0.5, 0.6) is 5.75 Å². The Morgan fingerprint density at radius 1 is 1.03 bits per heavy atom. The van der Waals surface area contributed by atoms with Gasteiger partial charge in [0.1, 0.15) is 5.75 Å². The summed E-state index contributed by atoms with van der Waals surface area (Å²) in [4.78, 5) is 13.1. The average Bonchev–Trinajstić information content (AvgIpc) is 2.68. The predicted octanol–water partition coefficient (Wildman–Crippen LogP) is 5.31. The zero-order chi connectivity index (χ0) is 23.2. The number of carbonyl (C=O) groups is 1. The molecule has 0 aliphatic heterocycles. The standard InChI is InChI=1S/C26H35N3O2/c1-25(2,3)16-21(19-9-12-23(30)22(15-19)26(4,5)6)24(31)29-14-13-28-20-10-7-18(17-27)8-11-20/h7-12,15,21,28,30H,13-14,16H2,1-6H3,(H,29,31). The number of aromatic hydroxyl groups is 1. The van der Waals surface area contributed by atoms with Crippen LogP contribution < -0.4 is 10.6 Å². The molecule has 5 nitrogen and oxygen atoms in total. The van der Waals surface area contributed by atoms with Gasteiger partial charge in [0.05, 0.1) is 17.6 Å². The fourth-order valence-electron chi connectivity index (χ4n) is 3.52. The monoisotopic (exact) mass is 421 g/mol. The van der Waals surface area contributed by atoms with Gasteiger partial charge in [-0.15, -0.1) is 0 Å². The largest absolute Gasteiger partial charge is 0.508 e. The highest BCUT2D eigenvalue weighted by Crippen LogP contribution is 2.37. The van der Waals surface area contributed by atoms with Gasteiger partial charge in [-0.1, -0.05) is 53.7 Å². The van der Waals surface area contributed by atoms with Crippen LogP contribution in [0.1, 0.15) is 70.6 Å². The molecule has 166 valence electrons. The topological polar surface area (TPSA) is 85.2 Å². The quantitative estimate of drug-likeness (QED) is 0.529. The van der Waals surface area contributed by atoms with E-state index in [1.54, 1.807) is 18.2 Å². The molecule has 0 saturated carbocycles. The van der Waals surface area contributed by atoms with E-state index in [4.69, 9.17) is 5.26 Å². The molecule has 2 aromatic carbocycles. The number of hydrogen-bond acceptors (Lipinski definition) is 4. The van der Waals surface area contributed by atoms with Crippen molar-refractivity contribution in [3.05, 3.63) is 59.2 Å². The van der Waals surface area contributed by atoms with E-state index < -0.39 is 0 Å². The number of nitrogens with one attached hydrogen (secondary N) is 2. The van der Waals surface area contributed by atoms with E-state index in [1.165, 1.54) is 0 Å². The molecule has 0 fully saturated rings. The minimum atomic E-state index is -0.295. The molecule has 3 N–H and O–H groups in total. The number of hydrogen-bond donors (Lipinski definition) is 3. The summed E-state index contributed by atoms with van der Waals surface area (Å²) in [6, 6.07) is 14.9. The van der Waals surface area contributed by atoms with Gasteiger partial charge in [0.2, 0.25) is 5.91 Å². The van der Waals surface area contributed by atoms with Gasteiger partial charge >= 0.3 is 0 Å². The molecular weight excluding hydrogens is 386 g/mol. The summed E-state index contributed by atoms with van der Waals surface area (Å²) in [5, 5.41) is 25.5. The van der Waals surface area contributed by atoms with Gasteiger partial charge in [-0.05, 0) is 58.7 Å². The van der Waals surface area contributed by atoms with Crippen LogP contribution in [0.4, 0.5) is 5.69 Å². The minimum Gasteiger partial charge on any atom is -0.508 e. The molecule has 2 aromatic rings. The van der Waals surface area contributed by atoms with Gasteiger partial charge < -0.3 is 15.7 Å². The Labute approximate surface area is 186 Å². The molecule has 5 heteroatoms. The number of anilines is 1. The van der Waals surface area contributed by atoms with Crippen molar-refractivity contribution in [2.45, 2.75) is 59.3 Å². The first-order valence-corrected chi connectivity index (χ1v) is 10.8. The maximum atomic E-state index is 13.1. The minimum absolute atomic E-state index is 0.0119. The lowest BCUT2D eigenvalue weighted by atomic mass is 9.78. The molecule has 1 amide bonds. The van der Waals surface area contributed by atoms with E-state index >= 15 is 0 Å². The highest BCUT2D eigenvalue weighted by Gasteiger charge is 2.28. The number of nitrogens with zero attached hydrogens (tertiary/aromatic N) is 1. The van der Waals surface area contributed by atoms with E-state index in [0.717, 1.165) is 16.8 Å². The van der Waals surface area contributed by atoms with Crippen molar-refractivity contribution in [3.63, 3.8) is 0 Å². The number of benzene rings is 2. The molecule has 0 saturated heterocycles. The number of rotatable bonds is 7. The SMILES string of the molecule is CC(C)(C)CC(C(=O)NCCNc1ccc(C#N)cc1)c1ccc(O)c(C(C)(C)C)c1. The van der Waals surface area contributed by atoms with Crippen molar-refractivity contribution in [2.24, 2.45) is 5.41 Å². The van der Waals surface area contributed by atoms with Gasteiger partial charge in [0.15, 0.2) is 0 Å². The zero-order valence-electron chi connectivity index (χ0n) is 19.5. The third kappa shape index (κ3) is 7.32. The molecule has 0 spiro atoms. The van der Waals surface area contributed by atoms with Crippen LogP contribution in [-0.4, -0.2) is 24.1 Å². The third-order valence-corrected chi connectivity index (χ3v) is 5.13. The normalized spacial score (nSPS) is 12.7. The van der Waals surface area contributed by atoms with Crippen molar-refractivity contribution in [3.8, 4) is 11.8 Å². The van der Waals surface area contributed by atoms with Crippen LogP contribution in [0, 0.1) is 16.7 Å². The first kappa shape index (κ1) is 24.3. The second kappa shape index (κ2) is 9.87. The highest BCUT2D eigenvalue weighted by molar-refractivity contribution is 5.84. The molecule has 1 atom stereocenters. The molecule has 0 aliphatic rings. The Morgan fingerprint density at radius 2 is 1.68 bits per heavy atom. The summed E-state index contributed by atoms with van der Waals surface area (Å²) in [6.45, 7) is 13.6. The first-order valence-electron chi connectivity index (χ1n) is 10.8. The Morgan fingerprint density at radius 3 is 2.23 bits per heavy atom. The molecule has 0 aromatic heterocycles. The van der Waals surface area contributed by atoms with Crippen molar-refractivity contribution < 1.29 is 9.90 Å². The Kier molecular flexibility index (Phi) is 7.73.